The molecule has 2 atom stereocenters. The molecule has 2 aliphatic rings. The van der Waals surface area contributed by atoms with E-state index in [1.165, 1.54) is 0 Å². The maximum absolute atomic E-state index is 10.7. The molecule has 12 heavy (non-hydrogen) atoms. The molecule has 0 bridgehead atoms. The molecule has 0 aromatic rings. The molecule has 2 rings (SSSR count). The van der Waals surface area contributed by atoms with E-state index in [1.54, 1.807) is 0 Å². The topological polar surface area (TPSA) is 65.2 Å². The van der Waals surface area contributed by atoms with Crippen LogP contribution in [0.2, 0.25) is 0 Å². The molecule has 2 unspecified atom stereocenters. The summed E-state index contributed by atoms with van der Waals surface area (Å²) < 4.78 is 0. The third-order valence-electron chi connectivity index (χ3n) is 1.76. The van der Waals surface area contributed by atoms with E-state index in [9.17, 15) is 4.79 Å². The SMILES string of the molecule is Cl.Cl.O=C1NC2NCCNC2N1. The zero-order chi connectivity index (χ0) is 6.97. The summed E-state index contributed by atoms with van der Waals surface area (Å²) in [5.74, 6) is 0. The Morgan fingerprint density at radius 2 is 1.42 bits per heavy atom. The number of rotatable bonds is 0. The maximum Gasteiger partial charge on any atom is 0.317 e. The van der Waals surface area contributed by atoms with Gasteiger partial charge in [-0.3, -0.25) is 10.6 Å². The molecule has 0 aromatic heterocycles. The van der Waals surface area contributed by atoms with E-state index < -0.39 is 0 Å². The van der Waals surface area contributed by atoms with Gasteiger partial charge in [-0.15, -0.1) is 24.8 Å². The van der Waals surface area contributed by atoms with E-state index in [1.807, 2.05) is 0 Å². The van der Waals surface area contributed by atoms with Gasteiger partial charge in [0.15, 0.2) is 0 Å². The molecule has 7 heteroatoms. The minimum absolute atomic E-state index is 0. The van der Waals surface area contributed by atoms with Crippen molar-refractivity contribution in [1.82, 2.24) is 21.3 Å². The van der Waals surface area contributed by atoms with Crippen molar-refractivity contribution in [2.75, 3.05) is 13.1 Å². The molecule has 0 aliphatic carbocycles. The fourth-order valence-electron chi connectivity index (χ4n) is 1.28. The zero-order valence-electron chi connectivity index (χ0n) is 6.29. The van der Waals surface area contributed by atoms with E-state index in [0.29, 0.717) is 0 Å². The number of urea groups is 1. The molecule has 72 valence electrons. The molecule has 2 fully saturated rings. The number of piperazine rings is 1. The summed E-state index contributed by atoms with van der Waals surface area (Å²) in [5.41, 5.74) is 0. The Bertz CT molecular complexity index is 152. The summed E-state index contributed by atoms with van der Waals surface area (Å²) in [7, 11) is 0. The van der Waals surface area contributed by atoms with Gasteiger partial charge in [0.2, 0.25) is 0 Å². The Morgan fingerprint density at radius 1 is 1.00 bits per heavy atom. The first-order valence-electron chi connectivity index (χ1n) is 3.40. The van der Waals surface area contributed by atoms with Crippen LogP contribution in [0.3, 0.4) is 0 Å². The van der Waals surface area contributed by atoms with Gasteiger partial charge >= 0.3 is 6.03 Å². The minimum Gasteiger partial charge on any atom is -0.319 e. The van der Waals surface area contributed by atoms with Gasteiger partial charge < -0.3 is 10.6 Å². The highest BCUT2D eigenvalue weighted by atomic mass is 35.5. The standard InChI is InChI=1S/C5H10N4O.2ClH/c10-5-8-3-4(9-5)7-2-1-6-3;;/h3-4,6-7H,1-2H2,(H2,8,9,10);2*1H. The fraction of sp³-hybridized carbons (Fsp3) is 0.800. The van der Waals surface area contributed by atoms with Crippen LogP contribution in [0, 0.1) is 0 Å². The van der Waals surface area contributed by atoms with Crippen LogP contribution < -0.4 is 21.3 Å². The lowest BCUT2D eigenvalue weighted by molar-refractivity contribution is 0.246. The molecular formula is C5H12Cl2N4O. The predicted octanol–water partition coefficient (Wildman–Crippen LogP) is -1.01. The first kappa shape index (κ1) is 11.8. The van der Waals surface area contributed by atoms with Gasteiger partial charge in [-0.1, -0.05) is 0 Å². The first-order valence-corrected chi connectivity index (χ1v) is 3.40. The number of amides is 2. The van der Waals surface area contributed by atoms with Crippen molar-refractivity contribution in [1.29, 1.82) is 0 Å². The van der Waals surface area contributed by atoms with Gasteiger partial charge in [0.25, 0.3) is 0 Å². The molecule has 0 aromatic carbocycles. The van der Waals surface area contributed by atoms with Gasteiger partial charge in [0, 0.05) is 13.1 Å². The number of carbonyl (C=O) groups is 1. The Hall–Kier alpha value is -0.230. The highest BCUT2D eigenvalue weighted by Crippen LogP contribution is 1.97. The second kappa shape index (κ2) is 4.71. The van der Waals surface area contributed by atoms with Crippen molar-refractivity contribution in [2.45, 2.75) is 12.3 Å². The van der Waals surface area contributed by atoms with E-state index in [-0.39, 0.29) is 43.2 Å². The third-order valence-corrected chi connectivity index (χ3v) is 1.76. The second-order valence-electron chi connectivity index (χ2n) is 2.48. The van der Waals surface area contributed by atoms with Gasteiger partial charge in [-0.25, -0.2) is 4.79 Å². The van der Waals surface area contributed by atoms with Crippen molar-refractivity contribution in [3.63, 3.8) is 0 Å². The van der Waals surface area contributed by atoms with Crippen LogP contribution in [0.25, 0.3) is 0 Å². The normalized spacial score (nSPS) is 31.8. The smallest absolute Gasteiger partial charge is 0.317 e. The van der Waals surface area contributed by atoms with Gasteiger partial charge in [-0.2, -0.15) is 0 Å². The Kier molecular flexibility index (Phi) is 4.62. The molecule has 2 amide bonds. The number of hydrogen-bond donors (Lipinski definition) is 4. The number of hydrogen-bond acceptors (Lipinski definition) is 3. The van der Waals surface area contributed by atoms with Crippen LogP contribution in [0.5, 0.6) is 0 Å². The van der Waals surface area contributed by atoms with Gasteiger partial charge in [0.1, 0.15) is 12.3 Å². The molecule has 0 saturated carbocycles. The van der Waals surface area contributed by atoms with E-state index in [0.717, 1.165) is 13.1 Å². The third kappa shape index (κ3) is 2.13. The molecule has 0 spiro atoms. The average Bonchev–Trinajstić information content (AvgIpc) is 2.27. The zero-order valence-corrected chi connectivity index (χ0v) is 7.93. The predicted molar refractivity (Wildman–Crippen MR) is 49.7 cm³/mol. The summed E-state index contributed by atoms with van der Waals surface area (Å²) in [6.07, 6.45) is 0.141. The van der Waals surface area contributed by atoms with Crippen molar-refractivity contribution < 1.29 is 4.79 Å². The Labute approximate surface area is 82.9 Å². The molecule has 2 heterocycles. The van der Waals surface area contributed by atoms with Crippen LogP contribution in [0.15, 0.2) is 0 Å². The quantitative estimate of drug-likeness (QED) is 0.418. The molecule has 0 radical (unpaired) electrons. The molecule has 2 saturated heterocycles. The van der Waals surface area contributed by atoms with Crippen LogP contribution in [0.4, 0.5) is 4.79 Å². The highest BCUT2D eigenvalue weighted by molar-refractivity contribution is 5.85. The molecule has 4 N–H and O–H groups in total. The van der Waals surface area contributed by atoms with E-state index >= 15 is 0 Å². The largest absolute Gasteiger partial charge is 0.319 e. The molecule has 5 nitrogen and oxygen atoms in total. The number of fused-ring (bicyclic) bond motifs is 1. The summed E-state index contributed by atoms with van der Waals surface area (Å²) in [6, 6.07) is -0.100. The minimum atomic E-state index is -0.100. The Balaban J connectivity index is 0.000000605. The summed E-state index contributed by atoms with van der Waals surface area (Å²) in [4.78, 5) is 10.7. The summed E-state index contributed by atoms with van der Waals surface area (Å²) in [5, 5.41) is 11.8. The van der Waals surface area contributed by atoms with Crippen molar-refractivity contribution >= 4 is 30.8 Å². The lowest BCUT2D eigenvalue weighted by Gasteiger charge is -2.25. The van der Waals surface area contributed by atoms with Gasteiger partial charge in [-0.05, 0) is 0 Å². The van der Waals surface area contributed by atoms with E-state index in [4.69, 9.17) is 0 Å². The number of nitrogens with one attached hydrogen (secondary N) is 4. The van der Waals surface area contributed by atoms with Crippen molar-refractivity contribution in [3.8, 4) is 0 Å². The van der Waals surface area contributed by atoms with Gasteiger partial charge in [0.05, 0.1) is 0 Å². The van der Waals surface area contributed by atoms with Crippen LogP contribution >= 0.6 is 24.8 Å². The number of halogens is 2. The summed E-state index contributed by atoms with van der Waals surface area (Å²) in [6.45, 7) is 1.81. The fourth-order valence-corrected chi connectivity index (χ4v) is 1.28. The van der Waals surface area contributed by atoms with E-state index in [2.05, 4.69) is 21.3 Å². The second-order valence-corrected chi connectivity index (χ2v) is 2.48. The highest BCUT2D eigenvalue weighted by Gasteiger charge is 2.32. The van der Waals surface area contributed by atoms with Crippen LogP contribution in [0.1, 0.15) is 0 Å². The Morgan fingerprint density at radius 3 is 1.83 bits per heavy atom. The summed E-state index contributed by atoms with van der Waals surface area (Å²) >= 11 is 0. The lowest BCUT2D eigenvalue weighted by atomic mass is 10.3. The number of carbonyl (C=O) groups excluding carboxylic acids is 1. The first-order chi connectivity index (χ1) is 4.86. The maximum atomic E-state index is 10.7. The lowest BCUT2D eigenvalue weighted by Crippen LogP contribution is -2.59. The average molecular weight is 215 g/mol. The van der Waals surface area contributed by atoms with Crippen molar-refractivity contribution in [3.05, 3.63) is 0 Å². The molecular weight excluding hydrogens is 203 g/mol. The molecule has 2 aliphatic heterocycles. The monoisotopic (exact) mass is 214 g/mol. The van der Waals surface area contributed by atoms with Crippen LogP contribution in [-0.2, 0) is 0 Å². The van der Waals surface area contributed by atoms with Crippen LogP contribution in [-0.4, -0.2) is 31.5 Å². The van der Waals surface area contributed by atoms with Crippen molar-refractivity contribution in [2.24, 2.45) is 0 Å².